The minimum Gasteiger partial charge on any atom is -0.398 e. The number of piperazine rings is 1. The lowest BCUT2D eigenvalue weighted by atomic mass is 9.98. The van der Waals surface area contributed by atoms with Gasteiger partial charge in [0, 0.05) is 42.9 Å². The fourth-order valence-corrected chi connectivity index (χ4v) is 3.10. The van der Waals surface area contributed by atoms with E-state index in [1.165, 1.54) is 18.4 Å². The van der Waals surface area contributed by atoms with Crippen LogP contribution in [-0.4, -0.2) is 31.1 Å². The number of halogens is 1. The third-order valence-corrected chi connectivity index (χ3v) is 4.22. The van der Waals surface area contributed by atoms with Crippen molar-refractivity contribution < 1.29 is 0 Å². The third kappa shape index (κ3) is 2.48. The first-order valence-corrected chi connectivity index (χ1v) is 7.13. The standard InChI is InChI=1S/C14H20ClN3/c15-11-3-4-13(16)12(9-11)14(10-1-2-10)18-7-5-17-6-8-18/h3-4,9-10,14,17H,1-2,5-8,16H2/t14-/m0/s1. The van der Waals surface area contributed by atoms with Crippen molar-refractivity contribution in [3.63, 3.8) is 0 Å². The maximum Gasteiger partial charge on any atom is 0.0410 e. The molecule has 1 saturated carbocycles. The van der Waals surface area contributed by atoms with Gasteiger partial charge in [-0.2, -0.15) is 0 Å². The van der Waals surface area contributed by atoms with Gasteiger partial charge in [0.1, 0.15) is 0 Å². The topological polar surface area (TPSA) is 41.3 Å². The first-order valence-electron chi connectivity index (χ1n) is 6.75. The van der Waals surface area contributed by atoms with E-state index in [-0.39, 0.29) is 0 Å². The molecule has 1 aliphatic carbocycles. The number of anilines is 1. The summed E-state index contributed by atoms with van der Waals surface area (Å²) in [5.74, 6) is 0.767. The van der Waals surface area contributed by atoms with Gasteiger partial charge in [0.25, 0.3) is 0 Å². The van der Waals surface area contributed by atoms with E-state index in [1.807, 2.05) is 12.1 Å². The largest absolute Gasteiger partial charge is 0.398 e. The summed E-state index contributed by atoms with van der Waals surface area (Å²) >= 11 is 6.14. The Bertz CT molecular complexity index is 425. The fourth-order valence-electron chi connectivity index (χ4n) is 2.92. The summed E-state index contributed by atoms with van der Waals surface area (Å²) in [4.78, 5) is 2.57. The molecule has 18 heavy (non-hydrogen) atoms. The average Bonchev–Trinajstić information content (AvgIpc) is 3.20. The Labute approximate surface area is 113 Å². The number of nitrogen functional groups attached to an aromatic ring is 1. The summed E-state index contributed by atoms with van der Waals surface area (Å²) in [5, 5.41) is 4.20. The summed E-state index contributed by atoms with van der Waals surface area (Å²) in [6.45, 7) is 4.35. The van der Waals surface area contributed by atoms with Crippen LogP contribution < -0.4 is 11.1 Å². The van der Waals surface area contributed by atoms with Gasteiger partial charge in [0.05, 0.1) is 0 Å². The Morgan fingerprint density at radius 3 is 2.67 bits per heavy atom. The molecule has 1 heterocycles. The van der Waals surface area contributed by atoms with Crippen molar-refractivity contribution in [3.05, 3.63) is 28.8 Å². The van der Waals surface area contributed by atoms with Gasteiger partial charge in [-0.25, -0.2) is 0 Å². The number of benzene rings is 1. The predicted octanol–water partition coefficient (Wildman–Crippen LogP) is 2.28. The number of hydrogen-bond donors (Lipinski definition) is 2. The van der Waals surface area contributed by atoms with E-state index in [1.54, 1.807) is 0 Å². The van der Waals surface area contributed by atoms with Crippen molar-refractivity contribution in [2.75, 3.05) is 31.9 Å². The quantitative estimate of drug-likeness (QED) is 0.824. The van der Waals surface area contributed by atoms with Gasteiger partial charge in [-0.15, -0.1) is 0 Å². The van der Waals surface area contributed by atoms with E-state index in [0.717, 1.165) is 42.8 Å². The molecule has 3 N–H and O–H groups in total. The normalized spacial score (nSPS) is 22.9. The molecule has 1 saturated heterocycles. The van der Waals surface area contributed by atoms with Gasteiger partial charge in [0.2, 0.25) is 0 Å². The van der Waals surface area contributed by atoms with Crippen molar-refractivity contribution in [1.29, 1.82) is 0 Å². The minimum atomic E-state index is 0.464. The van der Waals surface area contributed by atoms with Crippen LogP contribution in [0.5, 0.6) is 0 Å². The maximum absolute atomic E-state index is 6.16. The minimum absolute atomic E-state index is 0.464. The molecule has 2 fully saturated rings. The molecule has 0 aromatic heterocycles. The molecule has 2 aliphatic rings. The highest BCUT2D eigenvalue weighted by Crippen LogP contribution is 2.46. The van der Waals surface area contributed by atoms with Crippen LogP contribution in [0, 0.1) is 5.92 Å². The van der Waals surface area contributed by atoms with Crippen LogP contribution in [0.2, 0.25) is 5.02 Å². The Hall–Kier alpha value is -0.770. The van der Waals surface area contributed by atoms with Crippen molar-refractivity contribution >= 4 is 17.3 Å². The lowest BCUT2D eigenvalue weighted by Crippen LogP contribution is -2.45. The van der Waals surface area contributed by atoms with Crippen LogP contribution >= 0.6 is 11.6 Å². The van der Waals surface area contributed by atoms with Gasteiger partial charge < -0.3 is 11.1 Å². The summed E-state index contributed by atoms with van der Waals surface area (Å²) in [5.41, 5.74) is 8.27. The molecule has 0 amide bonds. The number of nitrogens with one attached hydrogen (secondary N) is 1. The molecule has 0 bridgehead atoms. The Kier molecular flexibility index (Phi) is 3.46. The van der Waals surface area contributed by atoms with Crippen molar-refractivity contribution in [3.8, 4) is 0 Å². The average molecular weight is 266 g/mol. The van der Waals surface area contributed by atoms with E-state index in [4.69, 9.17) is 17.3 Å². The first-order chi connectivity index (χ1) is 8.75. The molecular formula is C14H20ClN3. The summed E-state index contributed by atoms with van der Waals surface area (Å²) in [7, 11) is 0. The molecule has 4 heteroatoms. The van der Waals surface area contributed by atoms with Crippen LogP contribution in [0.15, 0.2) is 18.2 Å². The van der Waals surface area contributed by atoms with Crippen LogP contribution in [0.25, 0.3) is 0 Å². The molecule has 1 aliphatic heterocycles. The fraction of sp³-hybridized carbons (Fsp3) is 0.571. The van der Waals surface area contributed by atoms with Gasteiger partial charge in [-0.05, 0) is 42.5 Å². The number of nitrogens with zero attached hydrogens (tertiary/aromatic N) is 1. The SMILES string of the molecule is Nc1ccc(Cl)cc1[C@H](C1CC1)N1CCNCC1. The second-order valence-electron chi connectivity index (χ2n) is 5.34. The molecule has 3 nitrogen and oxygen atoms in total. The lowest BCUT2D eigenvalue weighted by Gasteiger charge is -2.36. The van der Waals surface area contributed by atoms with Crippen LogP contribution in [0.3, 0.4) is 0 Å². The van der Waals surface area contributed by atoms with E-state index >= 15 is 0 Å². The first kappa shape index (κ1) is 12.3. The highest BCUT2D eigenvalue weighted by molar-refractivity contribution is 6.30. The molecule has 0 unspecified atom stereocenters. The summed E-state index contributed by atoms with van der Waals surface area (Å²) in [6.07, 6.45) is 2.64. The molecule has 1 aromatic carbocycles. The maximum atomic E-state index is 6.16. The van der Waals surface area contributed by atoms with Crippen molar-refractivity contribution in [2.24, 2.45) is 5.92 Å². The molecule has 1 aromatic rings. The smallest absolute Gasteiger partial charge is 0.0410 e. The zero-order valence-electron chi connectivity index (χ0n) is 10.5. The molecule has 3 rings (SSSR count). The van der Waals surface area contributed by atoms with Crippen molar-refractivity contribution in [2.45, 2.75) is 18.9 Å². The second kappa shape index (κ2) is 5.08. The highest BCUT2D eigenvalue weighted by Gasteiger charge is 2.37. The second-order valence-corrected chi connectivity index (χ2v) is 5.78. The Morgan fingerprint density at radius 1 is 1.28 bits per heavy atom. The van der Waals surface area contributed by atoms with Crippen molar-refractivity contribution in [1.82, 2.24) is 10.2 Å². The van der Waals surface area contributed by atoms with E-state index in [0.29, 0.717) is 6.04 Å². The van der Waals surface area contributed by atoms with Gasteiger partial charge in [-0.3, -0.25) is 4.90 Å². The Morgan fingerprint density at radius 2 is 2.00 bits per heavy atom. The summed E-state index contributed by atoms with van der Waals surface area (Å²) in [6, 6.07) is 6.34. The third-order valence-electron chi connectivity index (χ3n) is 3.98. The molecular weight excluding hydrogens is 246 g/mol. The lowest BCUT2D eigenvalue weighted by molar-refractivity contribution is 0.156. The highest BCUT2D eigenvalue weighted by atomic mass is 35.5. The van der Waals surface area contributed by atoms with Crippen LogP contribution in [0.4, 0.5) is 5.69 Å². The number of rotatable bonds is 3. The van der Waals surface area contributed by atoms with Gasteiger partial charge in [-0.1, -0.05) is 11.6 Å². The molecule has 98 valence electrons. The van der Waals surface area contributed by atoms with E-state index in [2.05, 4.69) is 16.3 Å². The zero-order valence-corrected chi connectivity index (χ0v) is 11.3. The molecule has 1 atom stereocenters. The van der Waals surface area contributed by atoms with E-state index < -0.39 is 0 Å². The number of hydrogen-bond acceptors (Lipinski definition) is 3. The van der Waals surface area contributed by atoms with Gasteiger partial charge >= 0.3 is 0 Å². The zero-order chi connectivity index (χ0) is 12.5. The monoisotopic (exact) mass is 265 g/mol. The van der Waals surface area contributed by atoms with Gasteiger partial charge in [0.15, 0.2) is 0 Å². The molecule has 0 spiro atoms. The molecule has 0 radical (unpaired) electrons. The summed E-state index contributed by atoms with van der Waals surface area (Å²) < 4.78 is 0. The van der Waals surface area contributed by atoms with Crippen LogP contribution in [0.1, 0.15) is 24.4 Å². The Balaban J connectivity index is 1.90. The van der Waals surface area contributed by atoms with Crippen LogP contribution in [-0.2, 0) is 0 Å². The van der Waals surface area contributed by atoms with E-state index in [9.17, 15) is 0 Å². The predicted molar refractivity (Wildman–Crippen MR) is 75.8 cm³/mol. The number of nitrogens with two attached hydrogens (primary N) is 1.